The van der Waals surface area contributed by atoms with E-state index in [2.05, 4.69) is 15.5 Å². The van der Waals surface area contributed by atoms with Crippen molar-refractivity contribution >= 4 is 40.1 Å². The van der Waals surface area contributed by atoms with E-state index in [0.717, 1.165) is 11.8 Å². The molecule has 0 atom stereocenters. The van der Waals surface area contributed by atoms with E-state index in [0.29, 0.717) is 5.13 Å². The summed E-state index contributed by atoms with van der Waals surface area (Å²) in [6.45, 7) is 0. The van der Waals surface area contributed by atoms with Gasteiger partial charge in [-0.3, -0.25) is 14.9 Å². The number of carboxylic acid groups (broad SMARTS) is 1. The zero-order chi connectivity index (χ0) is 10.4. The maximum atomic E-state index is 11.1. The van der Waals surface area contributed by atoms with Crippen LogP contribution in [0.5, 0.6) is 0 Å². The molecule has 2 N–H and O–H groups in total. The molecular formula is C6H7N3O3S2. The van der Waals surface area contributed by atoms with Crippen molar-refractivity contribution in [3.63, 3.8) is 0 Å². The lowest BCUT2D eigenvalue weighted by atomic mass is 10.7. The molecule has 0 bridgehead atoms. The quantitative estimate of drug-likeness (QED) is 0.759. The highest BCUT2D eigenvalue weighted by Gasteiger charge is 2.05. The third kappa shape index (κ3) is 4.19. The fourth-order valence-corrected chi connectivity index (χ4v) is 1.61. The van der Waals surface area contributed by atoms with E-state index < -0.39 is 5.97 Å². The van der Waals surface area contributed by atoms with Gasteiger partial charge >= 0.3 is 5.97 Å². The summed E-state index contributed by atoms with van der Waals surface area (Å²) in [7, 11) is 0. The third-order valence-corrected chi connectivity index (χ3v) is 2.59. The molecule has 76 valence electrons. The van der Waals surface area contributed by atoms with Crippen LogP contribution in [0.3, 0.4) is 0 Å². The standard InChI is InChI=1S/C6H7N3O3S2/c10-4(1-13-2-5(11)12)8-6-9-7-3-14-6/h3H,1-2H2,(H,11,12)(H,8,9,10). The van der Waals surface area contributed by atoms with Gasteiger partial charge in [-0.05, 0) is 0 Å². The van der Waals surface area contributed by atoms with Crippen molar-refractivity contribution in [1.82, 2.24) is 10.2 Å². The number of anilines is 1. The highest BCUT2D eigenvalue weighted by Crippen LogP contribution is 2.08. The lowest BCUT2D eigenvalue weighted by molar-refractivity contribution is -0.133. The van der Waals surface area contributed by atoms with Gasteiger partial charge in [0.15, 0.2) is 0 Å². The second-order valence-corrected chi connectivity index (χ2v) is 4.00. The zero-order valence-corrected chi connectivity index (χ0v) is 8.60. The maximum Gasteiger partial charge on any atom is 0.313 e. The number of nitrogens with zero attached hydrogens (tertiary/aromatic N) is 2. The van der Waals surface area contributed by atoms with Crippen LogP contribution in [0.25, 0.3) is 0 Å². The van der Waals surface area contributed by atoms with Crippen molar-refractivity contribution in [2.75, 3.05) is 16.8 Å². The number of aromatic nitrogens is 2. The molecule has 1 rings (SSSR count). The second kappa shape index (κ2) is 5.55. The van der Waals surface area contributed by atoms with Crippen LogP contribution in [0.1, 0.15) is 0 Å². The van der Waals surface area contributed by atoms with Crippen LogP contribution in [0.15, 0.2) is 5.51 Å². The van der Waals surface area contributed by atoms with Crippen molar-refractivity contribution in [2.45, 2.75) is 0 Å². The molecule has 0 aliphatic heterocycles. The van der Waals surface area contributed by atoms with Crippen molar-refractivity contribution < 1.29 is 14.7 Å². The molecule has 0 spiro atoms. The summed E-state index contributed by atoms with van der Waals surface area (Å²) in [5.41, 5.74) is 1.50. The predicted octanol–water partition coefficient (Wildman–Crippen LogP) is 0.294. The number of carbonyl (C=O) groups excluding carboxylic acids is 1. The fourth-order valence-electron chi connectivity index (χ4n) is 0.614. The van der Waals surface area contributed by atoms with Crippen molar-refractivity contribution in [1.29, 1.82) is 0 Å². The van der Waals surface area contributed by atoms with Crippen molar-refractivity contribution in [3.8, 4) is 0 Å². The average molecular weight is 233 g/mol. The van der Waals surface area contributed by atoms with Gasteiger partial charge in [-0.2, -0.15) is 0 Å². The zero-order valence-electron chi connectivity index (χ0n) is 6.97. The minimum atomic E-state index is -0.932. The SMILES string of the molecule is O=C(O)CSCC(=O)Nc1nncs1. The van der Waals surface area contributed by atoms with Gasteiger partial charge in [-0.25, -0.2) is 0 Å². The number of hydrogen-bond donors (Lipinski definition) is 2. The number of thioether (sulfide) groups is 1. The average Bonchev–Trinajstić information content (AvgIpc) is 2.56. The Bertz CT molecular complexity index is 314. The molecule has 1 amide bonds. The molecule has 6 nitrogen and oxygen atoms in total. The molecule has 0 aliphatic rings. The van der Waals surface area contributed by atoms with Gasteiger partial charge in [-0.1, -0.05) is 11.3 Å². The molecule has 8 heteroatoms. The van der Waals surface area contributed by atoms with Crippen LogP contribution >= 0.6 is 23.1 Å². The van der Waals surface area contributed by atoms with E-state index in [9.17, 15) is 9.59 Å². The van der Waals surface area contributed by atoms with E-state index in [4.69, 9.17) is 5.11 Å². The lowest BCUT2D eigenvalue weighted by Crippen LogP contribution is -2.15. The molecule has 0 saturated carbocycles. The Balaban J connectivity index is 2.20. The van der Waals surface area contributed by atoms with Gasteiger partial charge in [0.25, 0.3) is 0 Å². The number of hydrogen-bond acceptors (Lipinski definition) is 6. The van der Waals surface area contributed by atoms with Gasteiger partial charge in [0.1, 0.15) is 5.51 Å². The number of carboxylic acids is 1. The topological polar surface area (TPSA) is 92.2 Å². The summed E-state index contributed by atoms with van der Waals surface area (Å²) in [5, 5.41) is 18.4. The highest BCUT2D eigenvalue weighted by atomic mass is 32.2. The largest absolute Gasteiger partial charge is 0.481 e. The van der Waals surface area contributed by atoms with E-state index in [-0.39, 0.29) is 17.4 Å². The smallest absolute Gasteiger partial charge is 0.313 e. The summed E-state index contributed by atoms with van der Waals surface area (Å²) in [4.78, 5) is 21.2. The Morgan fingerprint density at radius 2 is 2.36 bits per heavy atom. The summed E-state index contributed by atoms with van der Waals surface area (Å²) in [6.07, 6.45) is 0. The Kier molecular flexibility index (Phi) is 4.33. The Hall–Kier alpha value is -1.15. The Morgan fingerprint density at radius 1 is 1.57 bits per heavy atom. The second-order valence-electron chi connectivity index (χ2n) is 2.18. The first-order valence-corrected chi connectivity index (χ1v) is 5.57. The number of amides is 1. The molecule has 0 aromatic carbocycles. The normalized spacial score (nSPS) is 9.71. The molecule has 0 unspecified atom stereocenters. The molecule has 1 heterocycles. The minimum absolute atomic E-state index is 0.0798. The monoisotopic (exact) mass is 233 g/mol. The van der Waals surface area contributed by atoms with Crippen LogP contribution in [0.2, 0.25) is 0 Å². The number of aliphatic carboxylic acids is 1. The number of rotatable bonds is 5. The van der Waals surface area contributed by atoms with E-state index >= 15 is 0 Å². The molecular weight excluding hydrogens is 226 g/mol. The Labute approximate surface area is 87.7 Å². The highest BCUT2D eigenvalue weighted by molar-refractivity contribution is 8.00. The van der Waals surface area contributed by atoms with Crippen molar-refractivity contribution in [3.05, 3.63) is 5.51 Å². The summed E-state index contributed by atoms with van der Waals surface area (Å²) >= 11 is 2.25. The first-order chi connectivity index (χ1) is 6.68. The van der Waals surface area contributed by atoms with Gasteiger partial charge in [0.05, 0.1) is 11.5 Å². The van der Waals surface area contributed by atoms with Crippen LogP contribution in [-0.2, 0) is 9.59 Å². The molecule has 0 radical (unpaired) electrons. The van der Waals surface area contributed by atoms with Gasteiger partial charge < -0.3 is 5.11 Å². The molecule has 0 saturated heterocycles. The molecule has 1 aromatic rings. The minimum Gasteiger partial charge on any atom is -0.481 e. The first kappa shape index (κ1) is 10.9. The van der Waals surface area contributed by atoms with Crippen LogP contribution in [0.4, 0.5) is 5.13 Å². The number of nitrogens with one attached hydrogen (secondary N) is 1. The van der Waals surface area contributed by atoms with Crippen LogP contribution in [-0.4, -0.2) is 38.7 Å². The summed E-state index contributed by atoms with van der Waals surface area (Å²) < 4.78 is 0. The molecule has 1 aromatic heterocycles. The summed E-state index contributed by atoms with van der Waals surface area (Å²) in [5.74, 6) is -1.18. The van der Waals surface area contributed by atoms with E-state index in [1.54, 1.807) is 0 Å². The van der Waals surface area contributed by atoms with E-state index in [1.807, 2.05) is 0 Å². The summed E-state index contributed by atoms with van der Waals surface area (Å²) in [6, 6.07) is 0. The van der Waals surface area contributed by atoms with Gasteiger partial charge in [-0.15, -0.1) is 22.0 Å². The van der Waals surface area contributed by atoms with Crippen LogP contribution < -0.4 is 5.32 Å². The maximum absolute atomic E-state index is 11.1. The van der Waals surface area contributed by atoms with Gasteiger partial charge in [0.2, 0.25) is 11.0 Å². The van der Waals surface area contributed by atoms with Gasteiger partial charge in [0, 0.05) is 0 Å². The molecule has 0 fully saturated rings. The third-order valence-electron chi connectivity index (χ3n) is 1.07. The Morgan fingerprint density at radius 3 is 2.93 bits per heavy atom. The van der Waals surface area contributed by atoms with E-state index in [1.165, 1.54) is 16.8 Å². The van der Waals surface area contributed by atoms with Crippen LogP contribution in [0, 0.1) is 0 Å². The van der Waals surface area contributed by atoms with Crippen molar-refractivity contribution in [2.24, 2.45) is 0 Å². The first-order valence-electron chi connectivity index (χ1n) is 3.54. The molecule has 14 heavy (non-hydrogen) atoms. The fraction of sp³-hybridized carbons (Fsp3) is 0.333. The number of carbonyl (C=O) groups is 2. The lowest BCUT2D eigenvalue weighted by Gasteiger charge is -1.98. The predicted molar refractivity (Wildman–Crippen MR) is 53.5 cm³/mol. The molecule has 0 aliphatic carbocycles.